The minimum atomic E-state index is -0.00268. The third-order valence-electron chi connectivity index (χ3n) is 1.12. The summed E-state index contributed by atoms with van der Waals surface area (Å²) in [6.07, 6.45) is 0. The second-order valence-electron chi connectivity index (χ2n) is 3.60. The molecular formula is C8H20IN3O. The van der Waals surface area contributed by atoms with Gasteiger partial charge in [-0.15, -0.1) is 24.0 Å². The molecule has 0 heterocycles. The summed E-state index contributed by atoms with van der Waals surface area (Å²) < 4.78 is 0. The van der Waals surface area contributed by atoms with Crippen LogP contribution in [-0.4, -0.2) is 36.8 Å². The molecule has 0 saturated heterocycles. The van der Waals surface area contributed by atoms with Crippen LogP contribution < -0.4 is 10.6 Å². The molecule has 0 saturated carbocycles. The smallest absolute Gasteiger partial charge is 0.191 e. The number of rotatable bonds is 2. The molecule has 0 atom stereocenters. The molecule has 0 aromatic carbocycles. The van der Waals surface area contributed by atoms with E-state index < -0.39 is 0 Å². The molecule has 3 N–H and O–H groups in total. The van der Waals surface area contributed by atoms with Crippen molar-refractivity contribution in [2.45, 2.75) is 26.3 Å². The van der Waals surface area contributed by atoms with Gasteiger partial charge in [0.25, 0.3) is 0 Å². The second kappa shape index (κ2) is 7.37. The van der Waals surface area contributed by atoms with Crippen molar-refractivity contribution >= 4 is 29.9 Å². The van der Waals surface area contributed by atoms with E-state index in [1.807, 2.05) is 0 Å². The van der Waals surface area contributed by atoms with Gasteiger partial charge in [-0.3, -0.25) is 4.99 Å². The van der Waals surface area contributed by atoms with Crippen LogP contribution in [0.15, 0.2) is 4.99 Å². The zero-order chi connectivity index (χ0) is 9.61. The van der Waals surface area contributed by atoms with Gasteiger partial charge in [-0.05, 0) is 20.8 Å². The lowest BCUT2D eigenvalue weighted by Crippen LogP contribution is -2.48. The standard InChI is InChI=1S/C8H19N3O.HI/c1-8(2,3)11-7(9-4)10-5-6-12;/h12H,5-6H2,1-4H3,(H2,9,10,11);1H. The summed E-state index contributed by atoms with van der Waals surface area (Å²) in [6, 6.07) is 0. The average Bonchev–Trinajstić information content (AvgIpc) is 1.95. The molecule has 0 spiro atoms. The number of hydrogen-bond acceptors (Lipinski definition) is 2. The van der Waals surface area contributed by atoms with E-state index in [2.05, 4.69) is 36.4 Å². The van der Waals surface area contributed by atoms with E-state index in [0.29, 0.717) is 6.54 Å². The van der Waals surface area contributed by atoms with Crippen LogP contribution in [0.25, 0.3) is 0 Å². The molecule has 13 heavy (non-hydrogen) atoms. The van der Waals surface area contributed by atoms with Crippen LogP contribution in [-0.2, 0) is 0 Å². The van der Waals surface area contributed by atoms with Gasteiger partial charge >= 0.3 is 0 Å². The Hall–Kier alpha value is -0.0400. The van der Waals surface area contributed by atoms with Gasteiger partial charge in [-0.25, -0.2) is 0 Å². The summed E-state index contributed by atoms with van der Waals surface area (Å²) in [4.78, 5) is 3.99. The summed E-state index contributed by atoms with van der Waals surface area (Å²) in [5.74, 6) is 0.719. The molecule has 0 bridgehead atoms. The lowest BCUT2D eigenvalue weighted by atomic mass is 10.1. The SMILES string of the molecule is CN=C(NCCO)NC(C)(C)C.I. The Labute approximate surface area is 97.2 Å². The van der Waals surface area contributed by atoms with Crippen LogP contribution in [0.1, 0.15) is 20.8 Å². The van der Waals surface area contributed by atoms with E-state index in [1.54, 1.807) is 7.05 Å². The lowest BCUT2D eigenvalue weighted by molar-refractivity contribution is 0.299. The van der Waals surface area contributed by atoms with E-state index in [9.17, 15) is 0 Å². The average molecular weight is 301 g/mol. The van der Waals surface area contributed by atoms with E-state index in [4.69, 9.17) is 5.11 Å². The number of aliphatic hydroxyl groups is 1. The Morgan fingerprint density at radius 1 is 1.38 bits per heavy atom. The minimum absolute atomic E-state index is 0. The van der Waals surface area contributed by atoms with Crippen LogP contribution in [0.4, 0.5) is 0 Å². The van der Waals surface area contributed by atoms with E-state index in [0.717, 1.165) is 5.96 Å². The van der Waals surface area contributed by atoms with Crippen molar-refractivity contribution in [2.75, 3.05) is 20.2 Å². The molecule has 0 aromatic heterocycles. The highest BCUT2D eigenvalue weighted by Crippen LogP contribution is 1.97. The molecule has 0 rings (SSSR count). The van der Waals surface area contributed by atoms with E-state index in [-0.39, 0.29) is 36.1 Å². The van der Waals surface area contributed by atoms with Gasteiger partial charge in [0.15, 0.2) is 5.96 Å². The van der Waals surface area contributed by atoms with Crippen molar-refractivity contribution < 1.29 is 5.11 Å². The maximum Gasteiger partial charge on any atom is 0.191 e. The fraction of sp³-hybridized carbons (Fsp3) is 0.875. The monoisotopic (exact) mass is 301 g/mol. The van der Waals surface area contributed by atoms with Gasteiger partial charge < -0.3 is 15.7 Å². The first-order valence-corrected chi connectivity index (χ1v) is 4.09. The highest BCUT2D eigenvalue weighted by Gasteiger charge is 2.10. The van der Waals surface area contributed by atoms with Gasteiger partial charge in [-0.2, -0.15) is 0 Å². The number of nitrogens with one attached hydrogen (secondary N) is 2. The number of hydrogen-bond donors (Lipinski definition) is 3. The number of guanidine groups is 1. The van der Waals surface area contributed by atoms with Crippen molar-refractivity contribution in [3.63, 3.8) is 0 Å². The number of aliphatic hydroxyl groups excluding tert-OH is 1. The predicted molar refractivity (Wildman–Crippen MR) is 66.8 cm³/mol. The first-order chi connectivity index (χ1) is 5.49. The zero-order valence-electron chi connectivity index (χ0n) is 8.72. The van der Waals surface area contributed by atoms with E-state index in [1.165, 1.54) is 0 Å². The molecule has 0 aromatic rings. The molecule has 0 aliphatic rings. The number of halogens is 1. The first-order valence-electron chi connectivity index (χ1n) is 4.09. The van der Waals surface area contributed by atoms with Crippen LogP contribution in [0, 0.1) is 0 Å². The summed E-state index contributed by atoms with van der Waals surface area (Å²) in [5, 5.41) is 14.7. The quantitative estimate of drug-likeness (QED) is 0.397. The molecule has 4 nitrogen and oxygen atoms in total. The van der Waals surface area contributed by atoms with Crippen molar-refractivity contribution in [3.8, 4) is 0 Å². The first kappa shape index (κ1) is 15.4. The second-order valence-corrected chi connectivity index (χ2v) is 3.60. The van der Waals surface area contributed by atoms with Crippen molar-refractivity contribution in [1.82, 2.24) is 10.6 Å². The molecular weight excluding hydrogens is 281 g/mol. The fourth-order valence-corrected chi connectivity index (χ4v) is 0.709. The van der Waals surface area contributed by atoms with Gasteiger partial charge in [-0.1, -0.05) is 0 Å². The molecule has 5 heteroatoms. The third kappa shape index (κ3) is 9.88. The Bertz CT molecular complexity index is 154. The Morgan fingerprint density at radius 2 is 1.92 bits per heavy atom. The number of aliphatic imine (C=N–C) groups is 1. The number of nitrogens with zero attached hydrogens (tertiary/aromatic N) is 1. The molecule has 0 radical (unpaired) electrons. The Balaban J connectivity index is 0. The summed E-state index contributed by atoms with van der Waals surface area (Å²) >= 11 is 0. The predicted octanol–water partition coefficient (Wildman–Crippen LogP) is 0.560. The van der Waals surface area contributed by atoms with Crippen molar-refractivity contribution in [1.29, 1.82) is 0 Å². The lowest BCUT2D eigenvalue weighted by Gasteiger charge is -2.23. The van der Waals surface area contributed by atoms with Crippen LogP contribution >= 0.6 is 24.0 Å². The minimum Gasteiger partial charge on any atom is -0.395 e. The van der Waals surface area contributed by atoms with Crippen LogP contribution in [0.2, 0.25) is 0 Å². The van der Waals surface area contributed by atoms with Gasteiger partial charge in [0.1, 0.15) is 0 Å². The molecule has 0 fully saturated rings. The summed E-state index contributed by atoms with van der Waals surface area (Å²) in [7, 11) is 1.71. The highest BCUT2D eigenvalue weighted by atomic mass is 127. The summed E-state index contributed by atoms with van der Waals surface area (Å²) in [6.45, 7) is 6.80. The summed E-state index contributed by atoms with van der Waals surface area (Å²) in [5.41, 5.74) is -0.00268. The van der Waals surface area contributed by atoms with Gasteiger partial charge in [0.05, 0.1) is 6.61 Å². The third-order valence-corrected chi connectivity index (χ3v) is 1.12. The molecule has 0 unspecified atom stereocenters. The normalized spacial score (nSPS) is 11.9. The van der Waals surface area contributed by atoms with Gasteiger partial charge in [0, 0.05) is 19.1 Å². The maximum absolute atomic E-state index is 8.56. The van der Waals surface area contributed by atoms with E-state index >= 15 is 0 Å². The van der Waals surface area contributed by atoms with Crippen LogP contribution in [0.3, 0.4) is 0 Å². The topological polar surface area (TPSA) is 56.7 Å². The fourth-order valence-electron chi connectivity index (χ4n) is 0.709. The van der Waals surface area contributed by atoms with Gasteiger partial charge in [0.2, 0.25) is 0 Å². The van der Waals surface area contributed by atoms with Crippen LogP contribution in [0.5, 0.6) is 0 Å². The Morgan fingerprint density at radius 3 is 2.23 bits per heavy atom. The Kier molecular flexibility index (Phi) is 8.75. The molecule has 0 aliphatic heterocycles. The van der Waals surface area contributed by atoms with Crippen molar-refractivity contribution in [3.05, 3.63) is 0 Å². The molecule has 0 amide bonds. The maximum atomic E-state index is 8.56. The largest absolute Gasteiger partial charge is 0.395 e. The van der Waals surface area contributed by atoms with Crippen molar-refractivity contribution in [2.24, 2.45) is 4.99 Å². The molecule has 80 valence electrons. The highest BCUT2D eigenvalue weighted by molar-refractivity contribution is 14.0. The molecule has 0 aliphatic carbocycles. The zero-order valence-corrected chi connectivity index (χ0v) is 11.0.